The van der Waals surface area contributed by atoms with Crippen molar-refractivity contribution in [1.29, 1.82) is 0 Å². The van der Waals surface area contributed by atoms with Crippen LogP contribution >= 0.6 is 0 Å². The van der Waals surface area contributed by atoms with Gasteiger partial charge in [0.2, 0.25) is 0 Å². The van der Waals surface area contributed by atoms with E-state index in [-0.39, 0.29) is 12.6 Å². The molecule has 0 spiro atoms. The van der Waals surface area contributed by atoms with Crippen LogP contribution in [0, 0.1) is 0 Å². The van der Waals surface area contributed by atoms with Crippen molar-refractivity contribution in [2.24, 2.45) is 0 Å². The van der Waals surface area contributed by atoms with Gasteiger partial charge >= 0.3 is 12.1 Å². The Morgan fingerprint density at radius 2 is 1.75 bits per heavy atom. The van der Waals surface area contributed by atoms with Gasteiger partial charge in [0.15, 0.2) is 0 Å². The molecule has 0 bridgehead atoms. The maximum absolute atomic E-state index is 12.3. The number of alkyl carbamates (subject to hydrolysis) is 1. The molecule has 6 nitrogen and oxygen atoms in total. The van der Waals surface area contributed by atoms with E-state index in [1.807, 2.05) is 54.6 Å². The SMILES string of the molecule is CCOC(=O)c1[nH]c2ccccc2c1CCCNC(=O)OCc1ccccc1. The molecule has 0 unspecified atom stereocenters. The second-order valence-corrected chi connectivity index (χ2v) is 6.34. The summed E-state index contributed by atoms with van der Waals surface area (Å²) in [6, 6.07) is 17.3. The molecule has 0 aliphatic rings. The van der Waals surface area contributed by atoms with Crippen LogP contribution in [0.15, 0.2) is 54.6 Å². The van der Waals surface area contributed by atoms with Gasteiger partial charge in [-0.3, -0.25) is 0 Å². The lowest BCUT2D eigenvalue weighted by atomic mass is 10.1. The third-order valence-corrected chi connectivity index (χ3v) is 4.38. The van der Waals surface area contributed by atoms with Crippen molar-refractivity contribution >= 4 is 23.0 Å². The Bertz CT molecular complexity index is 934. The lowest BCUT2D eigenvalue weighted by Crippen LogP contribution is -2.25. The van der Waals surface area contributed by atoms with Crippen LogP contribution in [-0.2, 0) is 22.5 Å². The minimum absolute atomic E-state index is 0.238. The monoisotopic (exact) mass is 380 g/mol. The number of benzene rings is 2. The summed E-state index contributed by atoms with van der Waals surface area (Å²) in [5.41, 5.74) is 3.23. The van der Waals surface area contributed by atoms with Gasteiger partial charge in [-0.05, 0) is 37.0 Å². The first-order valence-corrected chi connectivity index (χ1v) is 9.40. The van der Waals surface area contributed by atoms with E-state index in [2.05, 4.69) is 10.3 Å². The van der Waals surface area contributed by atoms with Crippen LogP contribution in [-0.4, -0.2) is 30.2 Å². The molecule has 0 atom stereocenters. The van der Waals surface area contributed by atoms with Gasteiger partial charge in [-0.25, -0.2) is 9.59 Å². The average Bonchev–Trinajstić information content (AvgIpc) is 3.09. The molecule has 0 saturated carbocycles. The fraction of sp³-hybridized carbons (Fsp3) is 0.273. The molecule has 1 amide bonds. The van der Waals surface area contributed by atoms with Crippen LogP contribution in [0.25, 0.3) is 10.9 Å². The number of aromatic amines is 1. The highest BCUT2D eigenvalue weighted by atomic mass is 16.5. The standard InChI is InChI=1S/C22H24N2O4/c1-2-27-21(25)20-18(17-11-6-7-13-19(17)24-20)12-8-14-23-22(26)28-15-16-9-4-3-5-10-16/h3-7,9-11,13,24H,2,8,12,14-15H2,1H3,(H,23,26). The first-order valence-electron chi connectivity index (χ1n) is 9.40. The van der Waals surface area contributed by atoms with E-state index in [9.17, 15) is 9.59 Å². The summed E-state index contributed by atoms with van der Waals surface area (Å²) in [5.74, 6) is -0.357. The van der Waals surface area contributed by atoms with Crippen LogP contribution in [0.2, 0.25) is 0 Å². The molecule has 0 aliphatic heterocycles. The van der Waals surface area contributed by atoms with Gasteiger partial charge in [-0.15, -0.1) is 0 Å². The van der Waals surface area contributed by atoms with E-state index in [4.69, 9.17) is 9.47 Å². The summed E-state index contributed by atoms with van der Waals surface area (Å²) < 4.78 is 10.4. The quantitative estimate of drug-likeness (QED) is 0.453. The van der Waals surface area contributed by atoms with Crippen LogP contribution in [0.4, 0.5) is 4.79 Å². The third-order valence-electron chi connectivity index (χ3n) is 4.38. The topological polar surface area (TPSA) is 80.4 Å². The molecule has 3 aromatic rings. The zero-order chi connectivity index (χ0) is 19.8. The fourth-order valence-corrected chi connectivity index (χ4v) is 3.07. The van der Waals surface area contributed by atoms with Gasteiger partial charge in [0, 0.05) is 17.4 Å². The molecule has 1 heterocycles. The molecule has 3 rings (SSSR count). The molecular weight excluding hydrogens is 356 g/mol. The lowest BCUT2D eigenvalue weighted by Gasteiger charge is -2.08. The normalized spacial score (nSPS) is 10.6. The number of hydrogen-bond acceptors (Lipinski definition) is 4. The number of amides is 1. The van der Waals surface area contributed by atoms with Crippen molar-refractivity contribution in [2.45, 2.75) is 26.4 Å². The van der Waals surface area contributed by atoms with Crippen LogP contribution in [0.1, 0.15) is 35.0 Å². The number of nitrogens with one attached hydrogen (secondary N) is 2. The van der Waals surface area contributed by atoms with Crippen LogP contribution in [0.5, 0.6) is 0 Å². The predicted octanol–water partition coefficient (Wildman–Crippen LogP) is 4.20. The summed E-state index contributed by atoms with van der Waals surface area (Å²) in [6.45, 7) is 2.80. The van der Waals surface area contributed by atoms with E-state index >= 15 is 0 Å². The zero-order valence-corrected chi connectivity index (χ0v) is 15.9. The molecule has 28 heavy (non-hydrogen) atoms. The van der Waals surface area contributed by atoms with Gasteiger partial charge in [-0.2, -0.15) is 0 Å². The lowest BCUT2D eigenvalue weighted by molar-refractivity contribution is 0.0519. The second-order valence-electron chi connectivity index (χ2n) is 6.34. The maximum atomic E-state index is 12.3. The Labute approximate surface area is 163 Å². The van der Waals surface area contributed by atoms with Crippen molar-refractivity contribution in [1.82, 2.24) is 10.3 Å². The van der Waals surface area contributed by atoms with E-state index in [0.29, 0.717) is 31.7 Å². The fourth-order valence-electron chi connectivity index (χ4n) is 3.07. The molecule has 146 valence electrons. The van der Waals surface area contributed by atoms with Crippen molar-refractivity contribution < 1.29 is 19.1 Å². The summed E-state index contributed by atoms with van der Waals surface area (Å²) >= 11 is 0. The Morgan fingerprint density at radius 1 is 1.00 bits per heavy atom. The highest BCUT2D eigenvalue weighted by Crippen LogP contribution is 2.24. The van der Waals surface area contributed by atoms with Crippen molar-refractivity contribution in [3.8, 4) is 0 Å². The van der Waals surface area contributed by atoms with Crippen molar-refractivity contribution in [3.05, 3.63) is 71.4 Å². The van der Waals surface area contributed by atoms with Crippen molar-refractivity contribution in [3.63, 3.8) is 0 Å². The Hall–Kier alpha value is -3.28. The van der Waals surface area contributed by atoms with E-state index in [1.54, 1.807) is 6.92 Å². The number of aromatic nitrogens is 1. The number of carbonyl (C=O) groups excluding carboxylic acids is 2. The van der Waals surface area contributed by atoms with Gasteiger partial charge in [0.05, 0.1) is 6.61 Å². The predicted molar refractivity (Wildman–Crippen MR) is 107 cm³/mol. The molecule has 0 radical (unpaired) electrons. The smallest absolute Gasteiger partial charge is 0.407 e. The minimum Gasteiger partial charge on any atom is -0.461 e. The van der Waals surface area contributed by atoms with Gasteiger partial charge in [0.25, 0.3) is 0 Å². The molecule has 0 fully saturated rings. The summed E-state index contributed by atoms with van der Waals surface area (Å²) in [5, 5.41) is 3.75. The number of esters is 1. The number of aryl methyl sites for hydroxylation is 1. The molecule has 1 aromatic heterocycles. The van der Waals surface area contributed by atoms with Gasteiger partial charge in [-0.1, -0.05) is 48.5 Å². The second kappa shape index (κ2) is 9.60. The zero-order valence-electron chi connectivity index (χ0n) is 15.9. The number of H-pyrrole nitrogens is 1. The Morgan fingerprint density at radius 3 is 2.54 bits per heavy atom. The number of hydrogen-bond donors (Lipinski definition) is 2. The van der Waals surface area contributed by atoms with Crippen LogP contribution < -0.4 is 5.32 Å². The largest absolute Gasteiger partial charge is 0.461 e. The van der Waals surface area contributed by atoms with Gasteiger partial charge in [0.1, 0.15) is 12.3 Å². The van der Waals surface area contributed by atoms with E-state index < -0.39 is 6.09 Å². The average molecular weight is 380 g/mol. The van der Waals surface area contributed by atoms with Crippen molar-refractivity contribution in [2.75, 3.05) is 13.2 Å². The Kier molecular flexibility index (Phi) is 6.68. The summed E-state index contributed by atoms with van der Waals surface area (Å²) in [7, 11) is 0. The number of ether oxygens (including phenoxy) is 2. The minimum atomic E-state index is -0.451. The number of fused-ring (bicyclic) bond motifs is 1. The number of rotatable bonds is 8. The third kappa shape index (κ3) is 4.91. The van der Waals surface area contributed by atoms with E-state index in [0.717, 1.165) is 22.0 Å². The first-order chi connectivity index (χ1) is 13.7. The summed E-state index contributed by atoms with van der Waals surface area (Å²) in [4.78, 5) is 27.2. The molecular formula is C22H24N2O4. The molecule has 2 N–H and O–H groups in total. The molecule has 2 aromatic carbocycles. The highest BCUT2D eigenvalue weighted by Gasteiger charge is 2.18. The maximum Gasteiger partial charge on any atom is 0.407 e. The summed E-state index contributed by atoms with van der Waals surface area (Å²) in [6.07, 6.45) is 0.861. The first kappa shape index (κ1) is 19.5. The number of carbonyl (C=O) groups is 2. The van der Waals surface area contributed by atoms with Crippen LogP contribution in [0.3, 0.4) is 0 Å². The van der Waals surface area contributed by atoms with Gasteiger partial charge < -0.3 is 19.8 Å². The Balaban J connectivity index is 1.54. The molecule has 6 heteroatoms. The number of para-hydroxylation sites is 1. The molecule has 0 aliphatic carbocycles. The molecule has 0 saturated heterocycles. The van der Waals surface area contributed by atoms with E-state index in [1.165, 1.54) is 0 Å². The highest BCUT2D eigenvalue weighted by molar-refractivity contribution is 5.98.